The van der Waals surface area contributed by atoms with Crippen LogP contribution in [0.5, 0.6) is 17.2 Å². The summed E-state index contributed by atoms with van der Waals surface area (Å²) in [6, 6.07) is 14.7. The van der Waals surface area contributed by atoms with Crippen LogP contribution in [0.1, 0.15) is 0 Å². The van der Waals surface area contributed by atoms with E-state index in [4.69, 9.17) is 14.2 Å². The van der Waals surface area contributed by atoms with Crippen LogP contribution in [0.15, 0.2) is 53.0 Å². The van der Waals surface area contributed by atoms with Gasteiger partial charge in [-0.05, 0) is 36.4 Å². The normalized spacial score (nSPS) is 10.0. The Balaban J connectivity index is 1.66. The van der Waals surface area contributed by atoms with Crippen LogP contribution >= 0.6 is 15.9 Å². The summed E-state index contributed by atoms with van der Waals surface area (Å²) >= 11 is 3.34. The first-order valence-corrected chi connectivity index (χ1v) is 7.89. The summed E-state index contributed by atoms with van der Waals surface area (Å²) in [6.07, 6.45) is 0. The minimum Gasteiger partial charge on any atom is -0.493 e. The molecule has 0 atom stereocenters. The minimum absolute atomic E-state index is 0.0315. The van der Waals surface area contributed by atoms with Crippen molar-refractivity contribution < 1.29 is 19.0 Å². The van der Waals surface area contributed by atoms with Crippen molar-refractivity contribution in [1.82, 2.24) is 5.32 Å². The molecule has 122 valence electrons. The monoisotopic (exact) mass is 379 g/mol. The number of halogens is 1. The lowest BCUT2D eigenvalue weighted by atomic mass is 10.3. The lowest BCUT2D eigenvalue weighted by molar-refractivity contribution is -0.123. The topological polar surface area (TPSA) is 56.8 Å². The van der Waals surface area contributed by atoms with E-state index in [1.54, 1.807) is 19.2 Å². The number of rotatable bonds is 8. The summed E-state index contributed by atoms with van der Waals surface area (Å²) in [6.45, 7) is 0.710. The number of hydrogen-bond acceptors (Lipinski definition) is 4. The van der Waals surface area contributed by atoms with Gasteiger partial charge in [-0.3, -0.25) is 4.79 Å². The van der Waals surface area contributed by atoms with Gasteiger partial charge in [-0.1, -0.05) is 28.1 Å². The summed E-state index contributed by atoms with van der Waals surface area (Å²) < 4.78 is 17.1. The van der Waals surface area contributed by atoms with Gasteiger partial charge in [0.05, 0.1) is 13.7 Å². The SMILES string of the molecule is COc1ccccc1OCCNC(=O)COc1ccc(Br)cc1. The molecule has 0 spiro atoms. The average Bonchev–Trinajstić information content (AvgIpc) is 2.58. The molecule has 2 rings (SSSR count). The van der Waals surface area contributed by atoms with Gasteiger partial charge in [0.2, 0.25) is 0 Å². The van der Waals surface area contributed by atoms with E-state index < -0.39 is 0 Å². The van der Waals surface area contributed by atoms with Gasteiger partial charge in [-0.15, -0.1) is 0 Å². The van der Waals surface area contributed by atoms with Crippen molar-refractivity contribution in [3.05, 3.63) is 53.0 Å². The van der Waals surface area contributed by atoms with Gasteiger partial charge in [0.25, 0.3) is 5.91 Å². The number of benzene rings is 2. The summed E-state index contributed by atoms with van der Waals surface area (Å²) in [5, 5.41) is 2.73. The fraction of sp³-hybridized carbons (Fsp3) is 0.235. The van der Waals surface area contributed by atoms with Gasteiger partial charge in [0.1, 0.15) is 12.4 Å². The van der Waals surface area contributed by atoms with Crippen LogP contribution < -0.4 is 19.5 Å². The highest BCUT2D eigenvalue weighted by atomic mass is 79.9. The van der Waals surface area contributed by atoms with Crippen LogP contribution in [0.4, 0.5) is 0 Å². The zero-order valence-corrected chi connectivity index (χ0v) is 14.3. The number of carbonyl (C=O) groups excluding carboxylic acids is 1. The van der Waals surface area contributed by atoms with E-state index in [0.717, 1.165) is 4.47 Å². The Morgan fingerprint density at radius 2 is 1.74 bits per heavy atom. The van der Waals surface area contributed by atoms with Crippen LogP contribution in [0, 0.1) is 0 Å². The Morgan fingerprint density at radius 1 is 1.04 bits per heavy atom. The summed E-state index contributed by atoms with van der Waals surface area (Å²) in [5.74, 6) is 1.76. The fourth-order valence-electron chi connectivity index (χ4n) is 1.82. The molecule has 1 amide bonds. The first-order chi connectivity index (χ1) is 11.2. The molecule has 0 aliphatic rings. The lowest BCUT2D eigenvalue weighted by Crippen LogP contribution is -2.32. The van der Waals surface area contributed by atoms with Gasteiger partial charge >= 0.3 is 0 Å². The molecule has 0 bridgehead atoms. The zero-order valence-electron chi connectivity index (χ0n) is 12.8. The molecule has 0 saturated heterocycles. The molecular formula is C17H18BrNO4. The highest BCUT2D eigenvalue weighted by molar-refractivity contribution is 9.10. The van der Waals surface area contributed by atoms with Crippen LogP contribution in [0.25, 0.3) is 0 Å². The minimum atomic E-state index is -0.198. The predicted molar refractivity (Wildman–Crippen MR) is 91.1 cm³/mol. The van der Waals surface area contributed by atoms with E-state index in [9.17, 15) is 4.79 Å². The summed E-state index contributed by atoms with van der Waals surface area (Å²) in [7, 11) is 1.59. The average molecular weight is 380 g/mol. The number of nitrogens with one attached hydrogen (secondary N) is 1. The van der Waals surface area contributed by atoms with E-state index in [-0.39, 0.29) is 12.5 Å². The Morgan fingerprint density at radius 3 is 2.43 bits per heavy atom. The second-order valence-electron chi connectivity index (χ2n) is 4.59. The molecule has 2 aromatic rings. The second kappa shape index (κ2) is 9.05. The van der Waals surface area contributed by atoms with Crippen molar-refractivity contribution in [2.75, 3.05) is 26.9 Å². The molecule has 2 aromatic carbocycles. The Hall–Kier alpha value is -2.21. The Kier molecular flexibility index (Phi) is 6.75. The van der Waals surface area contributed by atoms with Crippen molar-refractivity contribution in [3.63, 3.8) is 0 Å². The fourth-order valence-corrected chi connectivity index (χ4v) is 2.08. The second-order valence-corrected chi connectivity index (χ2v) is 5.51. The van der Waals surface area contributed by atoms with Crippen LogP contribution in [0.3, 0.4) is 0 Å². The molecule has 1 N–H and O–H groups in total. The van der Waals surface area contributed by atoms with Crippen LogP contribution in [-0.2, 0) is 4.79 Å². The largest absolute Gasteiger partial charge is 0.493 e. The van der Waals surface area contributed by atoms with Gasteiger partial charge in [-0.25, -0.2) is 0 Å². The number of ether oxygens (including phenoxy) is 3. The Labute approximate surface area is 143 Å². The van der Waals surface area contributed by atoms with Crippen LogP contribution in [0.2, 0.25) is 0 Å². The molecule has 0 fully saturated rings. The molecule has 0 radical (unpaired) electrons. The number of methoxy groups -OCH3 is 1. The summed E-state index contributed by atoms with van der Waals surface area (Å²) in [4.78, 5) is 11.7. The van der Waals surface area contributed by atoms with E-state index in [0.29, 0.717) is 30.4 Å². The number of hydrogen-bond donors (Lipinski definition) is 1. The molecule has 5 nitrogen and oxygen atoms in total. The standard InChI is InChI=1S/C17H18BrNO4/c1-21-15-4-2-3-5-16(15)22-11-10-19-17(20)12-23-14-8-6-13(18)7-9-14/h2-9H,10-12H2,1H3,(H,19,20). The third kappa shape index (κ3) is 5.83. The third-order valence-corrected chi connectivity index (χ3v) is 3.46. The van der Waals surface area contributed by atoms with Crippen molar-refractivity contribution in [3.8, 4) is 17.2 Å². The third-order valence-electron chi connectivity index (χ3n) is 2.93. The van der Waals surface area contributed by atoms with Crippen molar-refractivity contribution in [2.24, 2.45) is 0 Å². The number of para-hydroxylation sites is 2. The van der Waals surface area contributed by atoms with Gasteiger partial charge in [0.15, 0.2) is 18.1 Å². The molecule has 0 unspecified atom stereocenters. The predicted octanol–water partition coefficient (Wildman–Crippen LogP) is 3.03. The van der Waals surface area contributed by atoms with Gasteiger partial charge in [0, 0.05) is 4.47 Å². The van der Waals surface area contributed by atoms with E-state index >= 15 is 0 Å². The van der Waals surface area contributed by atoms with E-state index in [2.05, 4.69) is 21.2 Å². The molecule has 0 saturated carbocycles. The summed E-state index contributed by atoms with van der Waals surface area (Å²) in [5.41, 5.74) is 0. The van der Waals surface area contributed by atoms with Gasteiger partial charge < -0.3 is 19.5 Å². The molecule has 0 aliphatic heterocycles. The molecule has 23 heavy (non-hydrogen) atoms. The van der Waals surface area contributed by atoms with Gasteiger partial charge in [-0.2, -0.15) is 0 Å². The smallest absolute Gasteiger partial charge is 0.258 e. The molecule has 0 heterocycles. The molecular weight excluding hydrogens is 362 g/mol. The highest BCUT2D eigenvalue weighted by Gasteiger charge is 2.04. The molecule has 0 aliphatic carbocycles. The maximum absolute atomic E-state index is 11.7. The van der Waals surface area contributed by atoms with E-state index in [1.807, 2.05) is 36.4 Å². The highest BCUT2D eigenvalue weighted by Crippen LogP contribution is 2.25. The number of amides is 1. The lowest BCUT2D eigenvalue weighted by Gasteiger charge is -2.11. The van der Waals surface area contributed by atoms with Crippen molar-refractivity contribution in [1.29, 1.82) is 0 Å². The van der Waals surface area contributed by atoms with Crippen molar-refractivity contribution >= 4 is 21.8 Å². The van der Waals surface area contributed by atoms with E-state index in [1.165, 1.54) is 0 Å². The molecule has 6 heteroatoms. The zero-order chi connectivity index (χ0) is 16.5. The number of carbonyl (C=O) groups is 1. The van der Waals surface area contributed by atoms with Crippen LogP contribution in [-0.4, -0.2) is 32.8 Å². The van der Waals surface area contributed by atoms with Crippen molar-refractivity contribution in [2.45, 2.75) is 0 Å². The quantitative estimate of drug-likeness (QED) is 0.716. The Bertz CT molecular complexity index is 631. The maximum atomic E-state index is 11.7. The first-order valence-electron chi connectivity index (χ1n) is 7.10. The molecule has 0 aromatic heterocycles. The first kappa shape index (κ1) is 17.1. The maximum Gasteiger partial charge on any atom is 0.258 e.